The van der Waals surface area contributed by atoms with Crippen molar-refractivity contribution >= 4 is 10.1 Å². The van der Waals surface area contributed by atoms with Gasteiger partial charge >= 0.3 is 0 Å². The summed E-state index contributed by atoms with van der Waals surface area (Å²) in [5.41, 5.74) is 4.60. The Morgan fingerprint density at radius 2 is 1.88 bits per heavy atom. The van der Waals surface area contributed by atoms with E-state index in [0.29, 0.717) is 0 Å². The first-order chi connectivity index (χ1) is 7.91. The van der Waals surface area contributed by atoms with Crippen LogP contribution in [0.15, 0.2) is 41.8 Å². The zero-order chi connectivity index (χ0) is 13.3. The smallest absolute Gasteiger partial charge is 0.124 e. The fourth-order valence-corrected chi connectivity index (χ4v) is 1.46. The predicted octanol–water partition coefficient (Wildman–Crippen LogP) is 1.09. The average Bonchev–Trinajstić information content (AvgIpc) is 2.26. The number of benzene rings is 1. The molecular weight excluding hydrogens is 238 g/mol. The van der Waals surface area contributed by atoms with Crippen LogP contribution in [0, 0.1) is 6.92 Å². The van der Waals surface area contributed by atoms with Gasteiger partial charge in [-0.15, -0.1) is 6.58 Å². The summed E-state index contributed by atoms with van der Waals surface area (Å²) in [6, 6.07) is 5.78. The molecule has 1 aromatic carbocycles. The van der Waals surface area contributed by atoms with Crippen molar-refractivity contribution in [2.24, 2.45) is 0 Å². The van der Waals surface area contributed by atoms with Crippen molar-refractivity contribution in [3.05, 3.63) is 42.5 Å². The SMILES string of the molecule is C=CCCC[NH3+].Cc1ccc(S(=O)(=O)[O-])cc1. The van der Waals surface area contributed by atoms with Gasteiger partial charge in [-0.05, 0) is 31.9 Å². The molecule has 0 bridgehead atoms. The van der Waals surface area contributed by atoms with Gasteiger partial charge in [0.15, 0.2) is 0 Å². The van der Waals surface area contributed by atoms with Crippen molar-refractivity contribution in [2.45, 2.75) is 24.7 Å². The molecule has 4 nitrogen and oxygen atoms in total. The highest BCUT2D eigenvalue weighted by Crippen LogP contribution is 2.08. The summed E-state index contributed by atoms with van der Waals surface area (Å²) in [6.45, 7) is 6.42. The van der Waals surface area contributed by atoms with E-state index in [1.807, 2.05) is 13.0 Å². The largest absolute Gasteiger partial charge is 0.744 e. The Kier molecular flexibility index (Phi) is 7.45. The molecule has 1 rings (SSSR count). The van der Waals surface area contributed by atoms with Crippen molar-refractivity contribution in [3.63, 3.8) is 0 Å². The number of hydrogen-bond acceptors (Lipinski definition) is 3. The molecule has 0 saturated carbocycles. The number of aryl methyl sites for hydroxylation is 1. The number of unbranched alkanes of at least 4 members (excludes halogenated alkanes) is 1. The minimum Gasteiger partial charge on any atom is -0.744 e. The van der Waals surface area contributed by atoms with E-state index in [4.69, 9.17) is 0 Å². The van der Waals surface area contributed by atoms with E-state index in [1.54, 1.807) is 12.1 Å². The number of allylic oxidation sites excluding steroid dienone is 1. The van der Waals surface area contributed by atoms with Crippen molar-refractivity contribution in [1.82, 2.24) is 0 Å². The molecule has 0 amide bonds. The predicted molar refractivity (Wildman–Crippen MR) is 66.3 cm³/mol. The second-order valence-electron chi connectivity index (χ2n) is 3.55. The van der Waals surface area contributed by atoms with Gasteiger partial charge in [0.25, 0.3) is 0 Å². The molecule has 0 aliphatic heterocycles. The van der Waals surface area contributed by atoms with E-state index in [1.165, 1.54) is 18.6 Å². The van der Waals surface area contributed by atoms with Crippen molar-refractivity contribution < 1.29 is 18.7 Å². The molecule has 0 atom stereocenters. The zero-order valence-corrected chi connectivity index (χ0v) is 10.9. The maximum atomic E-state index is 10.4. The average molecular weight is 257 g/mol. The number of rotatable bonds is 4. The third-order valence-corrected chi connectivity index (χ3v) is 2.82. The first kappa shape index (κ1) is 15.8. The molecule has 17 heavy (non-hydrogen) atoms. The van der Waals surface area contributed by atoms with Crippen LogP contribution in [0.4, 0.5) is 0 Å². The van der Waals surface area contributed by atoms with Crippen LogP contribution in [-0.4, -0.2) is 19.5 Å². The highest BCUT2D eigenvalue weighted by Gasteiger charge is 1.97. The second-order valence-corrected chi connectivity index (χ2v) is 4.93. The van der Waals surface area contributed by atoms with Crippen LogP contribution in [0.1, 0.15) is 18.4 Å². The van der Waals surface area contributed by atoms with E-state index >= 15 is 0 Å². The lowest BCUT2D eigenvalue weighted by Crippen LogP contribution is -2.49. The standard InChI is InChI=1S/C7H8O3S.C5H11N/c1-6-2-4-7(5-3-6)11(8,9)10;1-2-3-4-5-6/h2-5H,1H3,(H,8,9,10);2H,1,3-6H2. The van der Waals surface area contributed by atoms with Gasteiger partial charge < -0.3 is 10.3 Å². The highest BCUT2D eigenvalue weighted by atomic mass is 32.2. The normalized spacial score (nSPS) is 10.3. The first-order valence-corrected chi connectivity index (χ1v) is 6.75. The summed E-state index contributed by atoms with van der Waals surface area (Å²) in [4.78, 5) is -0.178. The maximum Gasteiger partial charge on any atom is 0.124 e. The van der Waals surface area contributed by atoms with Crippen LogP contribution < -0.4 is 5.73 Å². The van der Waals surface area contributed by atoms with E-state index in [0.717, 1.165) is 18.5 Å². The monoisotopic (exact) mass is 257 g/mol. The van der Waals surface area contributed by atoms with Gasteiger partial charge in [0.1, 0.15) is 10.1 Å². The van der Waals surface area contributed by atoms with Gasteiger partial charge in [-0.2, -0.15) is 0 Å². The molecular formula is C12H19NO3S. The molecule has 0 aromatic heterocycles. The summed E-state index contributed by atoms with van der Waals surface area (Å²) in [5.74, 6) is 0. The topological polar surface area (TPSA) is 84.8 Å². The van der Waals surface area contributed by atoms with Gasteiger partial charge in [-0.25, -0.2) is 8.42 Å². The Hall–Kier alpha value is -1.17. The van der Waals surface area contributed by atoms with Gasteiger partial charge in [0, 0.05) is 0 Å². The third kappa shape index (κ3) is 7.68. The summed E-state index contributed by atoms with van der Waals surface area (Å²) in [6.07, 6.45) is 4.22. The quantitative estimate of drug-likeness (QED) is 0.498. The molecule has 0 fully saturated rings. The van der Waals surface area contributed by atoms with Crippen LogP contribution in [0.5, 0.6) is 0 Å². The van der Waals surface area contributed by atoms with Crippen molar-refractivity contribution in [2.75, 3.05) is 6.54 Å². The Morgan fingerprint density at radius 1 is 1.35 bits per heavy atom. The fraction of sp³-hybridized carbons (Fsp3) is 0.333. The van der Waals surface area contributed by atoms with Crippen molar-refractivity contribution in [1.29, 1.82) is 0 Å². The maximum absolute atomic E-state index is 10.4. The van der Waals surface area contributed by atoms with Gasteiger partial charge in [0.2, 0.25) is 0 Å². The summed E-state index contributed by atoms with van der Waals surface area (Å²) in [5, 5.41) is 0. The Bertz CT molecular complexity index is 424. The molecule has 1 aromatic rings. The molecule has 3 N–H and O–H groups in total. The van der Waals surface area contributed by atoms with Crippen LogP contribution in [0.3, 0.4) is 0 Å². The molecule has 0 saturated heterocycles. The first-order valence-electron chi connectivity index (χ1n) is 5.34. The Labute approximate surface area is 103 Å². The summed E-state index contributed by atoms with van der Waals surface area (Å²) < 4.78 is 31.2. The van der Waals surface area contributed by atoms with Crippen LogP contribution in [0.2, 0.25) is 0 Å². The fourth-order valence-electron chi connectivity index (χ4n) is 0.994. The Morgan fingerprint density at radius 3 is 2.18 bits per heavy atom. The molecule has 5 heteroatoms. The molecule has 0 unspecified atom stereocenters. The van der Waals surface area contributed by atoms with Gasteiger partial charge in [-0.3, -0.25) is 0 Å². The van der Waals surface area contributed by atoms with Crippen LogP contribution in [0.25, 0.3) is 0 Å². The second kappa shape index (κ2) is 8.00. The lowest BCUT2D eigenvalue weighted by Gasteiger charge is -2.05. The minimum atomic E-state index is -4.27. The number of hydrogen-bond donors (Lipinski definition) is 1. The zero-order valence-electron chi connectivity index (χ0n) is 10.1. The molecule has 0 aliphatic rings. The van der Waals surface area contributed by atoms with Crippen LogP contribution in [-0.2, 0) is 10.1 Å². The summed E-state index contributed by atoms with van der Waals surface area (Å²) in [7, 11) is -4.27. The van der Waals surface area contributed by atoms with E-state index in [2.05, 4.69) is 12.3 Å². The molecule has 0 spiro atoms. The molecule has 0 radical (unpaired) electrons. The van der Waals surface area contributed by atoms with Crippen molar-refractivity contribution in [3.8, 4) is 0 Å². The molecule has 96 valence electrons. The number of quaternary nitrogens is 1. The Balaban J connectivity index is 0.000000366. The minimum absolute atomic E-state index is 0.178. The lowest BCUT2D eigenvalue weighted by molar-refractivity contribution is -0.368. The lowest BCUT2D eigenvalue weighted by atomic mass is 10.2. The highest BCUT2D eigenvalue weighted by molar-refractivity contribution is 7.85. The molecule has 0 aliphatic carbocycles. The summed E-state index contributed by atoms with van der Waals surface area (Å²) >= 11 is 0. The van der Waals surface area contributed by atoms with Gasteiger partial charge in [-0.1, -0.05) is 23.8 Å². The molecule has 0 heterocycles. The van der Waals surface area contributed by atoms with E-state index < -0.39 is 10.1 Å². The van der Waals surface area contributed by atoms with Crippen LogP contribution >= 0.6 is 0 Å². The van der Waals surface area contributed by atoms with E-state index in [-0.39, 0.29) is 4.90 Å². The van der Waals surface area contributed by atoms with Gasteiger partial charge in [0.05, 0.1) is 11.4 Å². The van der Waals surface area contributed by atoms with E-state index in [9.17, 15) is 13.0 Å². The third-order valence-electron chi connectivity index (χ3n) is 1.97.